The Morgan fingerprint density at radius 2 is 1.43 bits per heavy atom. The Hall–Kier alpha value is -3.93. The van der Waals surface area contributed by atoms with Gasteiger partial charge in [-0.05, 0) is 49.4 Å². The van der Waals surface area contributed by atoms with Gasteiger partial charge in [0, 0.05) is 23.6 Å². The van der Waals surface area contributed by atoms with Crippen LogP contribution in [0.2, 0.25) is 0 Å². The van der Waals surface area contributed by atoms with E-state index in [9.17, 15) is 14.4 Å². The first-order valence-corrected chi connectivity index (χ1v) is 13.0. The van der Waals surface area contributed by atoms with Gasteiger partial charge in [-0.3, -0.25) is 9.59 Å². The summed E-state index contributed by atoms with van der Waals surface area (Å²) in [4.78, 5) is 42.5. The molecule has 4 atom stereocenters. The van der Waals surface area contributed by atoms with Crippen molar-refractivity contribution in [3.05, 3.63) is 108 Å². The molecule has 6 heteroatoms. The van der Waals surface area contributed by atoms with E-state index in [2.05, 4.69) is 5.32 Å². The van der Waals surface area contributed by atoms with Crippen molar-refractivity contribution in [1.29, 1.82) is 0 Å². The Labute approximate surface area is 217 Å². The van der Waals surface area contributed by atoms with Crippen LogP contribution in [0.25, 0.3) is 0 Å². The van der Waals surface area contributed by atoms with E-state index >= 15 is 0 Å². The van der Waals surface area contributed by atoms with Crippen LogP contribution >= 0.6 is 0 Å². The second-order valence-electron chi connectivity index (χ2n) is 9.77. The fourth-order valence-electron chi connectivity index (χ4n) is 5.99. The minimum atomic E-state index is -0.740. The molecule has 3 fully saturated rings. The summed E-state index contributed by atoms with van der Waals surface area (Å²) in [6.45, 7) is 2.01. The summed E-state index contributed by atoms with van der Waals surface area (Å²) in [5.41, 5.74) is 2.35. The van der Waals surface area contributed by atoms with E-state index < -0.39 is 17.9 Å². The maximum Gasteiger partial charge on any atom is 0.329 e. The number of ether oxygens (including phenoxy) is 1. The molecule has 0 spiro atoms. The van der Waals surface area contributed by atoms with Gasteiger partial charge in [-0.1, -0.05) is 78.9 Å². The number of benzene rings is 3. The van der Waals surface area contributed by atoms with E-state index in [1.807, 2.05) is 78.9 Å². The van der Waals surface area contributed by atoms with E-state index in [1.54, 1.807) is 24.0 Å². The first-order chi connectivity index (χ1) is 18.1. The van der Waals surface area contributed by atoms with Gasteiger partial charge in [0.25, 0.3) is 5.91 Å². The standard InChI is InChI=1S/C31H32N2O4/c1-2-37-31(36)28-25-19-18-24(20-26(25)32-29(34)23-16-10-5-11-17-23)33(28)30(35)27(21-12-6-3-7-13-21)22-14-8-4-9-15-22/h3-17,24-28H,2,18-20H2,1H3,(H,32,34)/t24-,25+,26?,28-/m0/s1. The van der Waals surface area contributed by atoms with Gasteiger partial charge >= 0.3 is 5.97 Å². The summed E-state index contributed by atoms with van der Waals surface area (Å²) in [6, 6.07) is 27.4. The van der Waals surface area contributed by atoms with E-state index in [-0.39, 0.29) is 36.4 Å². The predicted molar refractivity (Wildman–Crippen MR) is 141 cm³/mol. The average molecular weight is 497 g/mol. The molecule has 6 rings (SSSR count). The molecule has 6 nitrogen and oxygen atoms in total. The summed E-state index contributed by atoms with van der Waals surface area (Å²) >= 11 is 0. The zero-order valence-corrected chi connectivity index (χ0v) is 21.0. The summed E-state index contributed by atoms with van der Waals surface area (Å²) in [6.07, 6.45) is 2.15. The number of piperidine rings is 2. The second-order valence-corrected chi connectivity index (χ2v) is 9.77. The molecule has 2 saturated heterocycles. The molecule has 190 valence electrons. The average Bonchev–Trinajstić information content (AvgIpc) is 2.95. The maximum atomic E-state index is 14.4. The number of nitrogens with one attached hydrogen (secondary N) is 1. The van der Waals surface area contributed by atoms with Gasteiger partial charge in [0.2, 0.25) is 5.91 Å². The number of fused-ring (bicyclic) bond motifs is 3. The summed E-state index contributed by atoms with van der Waals surface area (Å²) in [5, 5.41) is 3.16. The van der Waals surface area contributed by atoms with Crippen molar-refractivity contribution in [1.82, 2.24) is 10.2 Å². The van der Waals surface area contributed by atoms with Crippen molar-refractivity contribution in [2.24, 2.45) is 5.92 Å². The Kier molecular flexibility index (Phi) is 7.35. The number of rotatable bonds is 7. The van der Waals surface area contributed by atoms with Crippen molar-refractivity contribution in [2.45, 2.75) is 50.2 Å². The highest BCUT2D eigenvalue weighted by Gasteiger charge is 2.54. The number of esters is 1. The zero-order valence-electron chi connectivity index (χ0n) is 21.0. The molecule has 1 saturated carbocycles. The quantitative estimate of drug-likeness (QED) is 0.487. The molecule has 37 heavy (non-hydrogen) atoms. The highest BCUT2D eigenvalue weighted by atomic mass is 16.5. The minimum Gasteiger partial charge on any atom is -0.464 e. The summed E-state index contributed by atoms with van der Waals surface area (Å²) in [5.74, 6) is -1.41. The highest BCUT2D eigenvalue weighted by Crippen LogP contribution is 2.43. The van der Waals surface area contributed by atoms with Gasteiger partial charge in [-0.25, -0.2) is 4.79 Å². The zero-order chi connectivity index (χ0) is 25.8. The maximum absolute atomic E-state index is 14.4. The van der Waals surface area contributed by atoms with Crippen LogP contribution in [0.4, 0.5) is 0 Å². The van der Waals surface area contributed by atoms with Crippen molar-refractivity contribution < 1.29 is 19.1 Å². The number of nitrogens with zero attached hydrogens (tertiary/aromatic N) is 1. The molecule has 2 aliphatic heterocycles. The van der Waals surface area contributed by atoms with E-state index in [0.29, 0.717) is 12.0 Å². The van der Waals surface area contributed by atoms with Gasteiger partial charge < -0.3 is 15.0 Å². The van der Waals surface area contributed by atoms with Gasteiger partial charge in [-0.15, -0.1) is 0 Å². The largest absolute Gasteiger partial charge is 0.464 e. The van der Waals surface area contributed by atoms with E-state index in [4.69, 9.17) is 4.74 Å². The lowest BCUT2D eigenvalue weighted by Crippen LogP contribution is -2.68. The third-order valence-corrected chi connectivity index (χ3v) is 7.62. The van der Waals surface area contributed by atoms with Crippen LogP contribution in [-0.4, -0.2) is 47.4 Å². The van der Waals surface area contributed by atoms with Crippen molar-refractivity contribution >= 4 is 17.8 Å². The molecule has 2 amide bonds. The summed E-state index contributed by atoms with van der Waals surface area (Å²) in [7, 11) is 0. The number of carbonyl (C=O) groups is 3. The first-order valence-electron chi connectivity index (χ1n) is 13.0. The molecule has 0 aromatic heterocycles. The lowest BCUT2D eigenvalue weighted by atomic mass is 9.70. The lowest BCUT2D eigenvalue weighted by molar-refractivity contribution is -0.169. The Morgan fingerprint density at radius 3 is 2.00 bits per heavy atom. The van der Waals surface area contributed by atoms with Crippen LogP contribution in [0.5, 0.6) is 0 Å². The Bertz CT molecular complexity index is 1190. The van der Waals surface area contributed by atoms with E-state index in [1.165, 1.54) is 0 Å². The molecule has 1 aliphatic carbocycles. The second kappa shape index (κ2) is 11.0. The molecule has 0 radical (unpaired) electrons. The van der Waals surface area contributed by atoms with Gasteiger partial charge in [-0.2, -0.15) is 0 Å². The molecule has 3 aromatic rings. The molecule has 3 aliphatic rings. The van der Waals surface area contributed by atoms with Gasteiger partial charge in [0.05, 0.1) is 12.5 Å². The van der Waals surface area contributed by atoms with Crippen LogP contribution in [0.15, 0.2) is 91.0 Å². The SMILES string of the molecule is CCOC(=O)[C@@H]1[C@@H]2CC[C@@H](CC2NC(=O)c2ccccc2)N1C(=O)C(c1ccccc1)c1ccccc1. The number of hydrogen-bond acceptors (Lipinski definition) is 4. The molecule has 2 bridgehead atoms. The number of hydrogen-bond donors (Lipinski definition) is 1. The Morgan fingerprint density at radius 1 is 0.865 bits per heavy atom. The molecular weight excluding hydrogens is 464 g/mol. The van der Waals surface area contributed by atoms with Crippen molar-refractivity contribution in [2.75, 3.05) is 6.61 Å². The van der Waals surface area contributed by atoms with Crippen LogP contribution in [0.1, 0.15) is 53.6 Å². The molecule has 1 unspecified atom stereocenters. The Balaban J connectivity index is 1.48. The van der Waals surface area contributed by atoms with E-state index in [0.717, 1.165) is 24.0 Å². The highest BCUT2D eigenvalue weighted by molar-refractivity contribution is 5.95. The fraction of sp³-hybridized carbons (Fsp3) is 0.323. The molecule has 1 N–H and O–H groups in total. The number of carbonyl (C=O) groups excluding carboxylic acids is 3. The monoisotopic (exact) mass is 496 g/mol. The third kappa shape index (κ3) is 5.01. The van der Waals surface area contributed by atoms with Crippen LogP contribution < -0.4 is 5.32 Å². The van der Waals surface area contributed by atoms with Crippen LogP contribution in [0.3, 0.4) is 0 Å². The molecular formula is C31H32N2O4. The van der Waals surface area contributed by atoms with Gasteiger partial charge in [0.15, 0.2) is 0 Å². The van der Waals surface area contributed by atoms with Crippen LogP contribution in [-0.2, 0) is 14.3 Å². The number of amides is 2. The minimum absolute atomic E-state index is 0.0991. The van der Waals surface area contributed by atoms with Gasteiger partial charge in [0.1, 0.15) is 6.04 Å². The molecule has 2 heterocycles. The normalized spacial score (nSPS) is 22.5. The fourth-order valence-corrected chi connectivity index (χ4v) is 5.99. The van der Waals surface area contributed by atoms with Crippen molar-refractivity contribution in [3.63, 3.8) is 0 Å². The van der Waals surface area contributed by atoms with Crippen LogP contribution in [0, 0.1) is 5.92 Å². The van der Waals surface area contributed by atoms with Crippen molar-refractivity contribution in [3.8, 4) is 0 Å². The lowest BCUT2D eigenvalue weighted by Gasteiger charge is -2.54. The smallest absolute Gasteiger partial charge is 0.329 e. The molecule has 3 aromatic carbocycles. The summed E-state index contributed by atoms with van der Waals surface area (Å²) < 4.78 is 5.50. The first kappa shape index (κ1) is 24.8. The predicted octanol–water partition coefficient (Wildman–Crippen LogP) is 4.56. The third-order valence-electron chi connectivity index (χ3n) is 7.62. The topological polar surface area (TPSA) is 75.7 Å².